The third-order valence-electron chi connectivity index (χ3n) is 2.81. The lowest BCUT2D eigenvalue weighted by atomic mass is 9.83. The molecule has 12 heavy (non-hydrogen) atoms. The Balaban J connectivity index is 2.55. The highest BCUT2D eigenvalue weighted by Crippen LogP contribution is 2.21. The van der Waals surface area contributed by atoms with Crippen LogP contribution in [0.4, 0.5) is 0 Å². The monoisotopic (exact) mass is 166 g/mol. The number of hydrogen-bond acceptors (Lipinski definition) is 0. The normalized spacial score (nSPS) is 21.7. The minimum Gasteiger partial charge on any atom is -0.341 e. The van der Waals surface area contributed by atoms with Crippen molar-refractivity contribution in [3.05, 3.63) is 25.3 Å². The molecule has 0 atom stereocenters. The van der Waals surface area contributed by atoms with Crippen LogP contribution in [0.15, 0.2) is 25.3 Å². The molecule has 2 N–H and O–H groups in total. The van der Waals surface area contributed by atoms with E-state index in [4.69, 9.17) is 0 Å². The van der Waals surface area contributed by atoms with Gasteiger partial charge in [-0.05, 0) is 12.8 Å². The lowest BCUT2D eigenvalue weighted by Crippen LogP contribution is -2.98. The molecule has 1 aliphatic heterocycles. The Hall–Kier alpha value is -0.560. The largest absolute Gasteiger partial charge is 0.341 e. The van der Waals surface area contributed by atoms with E-state index in [2.05, 4.69) is 18.5 Å². The summed E-state index contributed by atoms with van der Waals surface area (Å²) in [4.78, 5) is 0. The van der Waals surface area contributed by atoms with E-state index in [0.717, 1.165) is 12.8 Å². The highest BCUT2D eigenvalue weighted by molar-refractivity contribution is 4.92. The Morgan fingerprint density at radius 3 is 2.25 bits per heavy atom. The van der Waals surface area contributed by atoms with Crippen molar-refractivity contribution in [2.24, 2.45) is 0 Å². The van der Waals surface area contributed by atoms with Gasteiger partial charge in [0.15, 0.2) is 0 Å². The van der Waals surface area contributed by atoms with Gasteiger partial charge in [0, 0.05) is 19.3 Å². The predicted octanol–water partition coefficient (Wildman–Crippen LogP) is 1.62. The zero-order chi connectivity index (χ0) is 8.86. The summed E-state index contributed by atoms with van der Waals surface area (Å²) < 4.78 is 0. The lowest BCUT2D eigenvalue weighted by Gasteiger charge is -2.33. The average molecular weight is 166 g/mol. The van der Waals surface area contributed by atoms with Crippen LogP contribution in [0.2, 0.25) is 0 Å². The van der Waals surface area contributed by atoms with Crippen molar-refractivity contribution in [1.82, 2.24) is 0 Å². The molecule has 1 rings (SSSR count). The highest BCUT2D eigenvalue weighted by Gasteiger charge is 2.32. The van der Waals surface area contributed by atoms with Crippen LogP contribution in [0.5, 0.6) is 0 Å². The van der Waals surface area contributed by atoms with Crippen molar-refractivity contribution < 1.29 is 5.32 Å². The van der Waals surface area contributed by atoms with Crippen LogP contribution in [-0.2, 0) is 0 Å². The zero-order valence-electron chi connectivity index (χ0n) is 7.89. The number of piperidine rings is 1. The molecule has 0 saturated carbocycles. The summed E-state index contributed by atoms with van der Waals surface area (Å²) in [5.74, 6) is 0. The van der Waals surface area contributed by atoms with Gasteiger partial charge in [-0.25, -0.2) is 0 Å². The number of nitrogens with two attached hydrogens (primary N) is 1. The minimum absolute atomic E-state index is 0.418. The van der Waals surface area contributed by atoms with Gasteiger partial charge in [-0.2, -0.15) is 0 Å². The third kappa shape index (κ3) is 2.21. The molecule has 0 bridgehead atoms. The van der Waals surface area contributed by atoms with E-state index in [1.807, 2.05) is 12.2 Å². The summed E-state index contributed by atoms with van der Waals surface area (Å²) >= 11 is 0. The molecular weight excluding hydrogens is 146 g/mol. The fraction of sp³-hybridized carbons (Fsp3) is 0.636. The topological polar surface area (TPSA) is 16.6 Å². The summed E-state index contributed by atoms with van der Waals surface area (Å²) in [6.45, 7) is 8.93. The summed E-state index contributed by atoms with van der Waals surface area (Å²) in [5.41, 5.74) is 0.418. The molecule has 1 heteroatoms. The van der Waals surface area contributed by atoms with Gasteiger partial charge in [0.2, 0.25) is 0 Å². The van der Waals surface area contributed by atoms with E-state index < -0.39 is 0 Å². The van der Waals surface area contributed by atoms with Crippen LogP contribution >= 0.6 is 0 Å². The van der Waals surface area contributed by atoms with Crippen LogP contribution < -0.4 is 5.32 Å². The number of hydrogen-bond donors (Lipinski definition) is 1. The summed E-state index contributed by atoms with van der Waals surface area (Å²) in [6, 6.07) is 0. The predicted molar refractivity (Wildman–Crippen MR) is 53.0 cm³/mol. The Morgan fingerprint density at radius 2 is 1.83 bits per heavy atom. The molecule has 1 saturated heterocycles. The molecule has 1 heterocycles. The molecule has 0 aromatic carbocycles. The van der Waals surface area contributed by atoms with Gasteiger partial charge in [-0.3, -0.25) is 0 Å². The maximum absolute atomic E-state index is 3.83. The van der Waals surface area contributed by atoms with E-state index in [-0.39, 0.29) is 0 Å². The third-order valence-corrected chi connectivity index (χ3v) is 2.81. The first-order valence-electron chi connectivity index (χ1n) is 4.89. The molecule has 0 unspecified atom stereocenters. The van der Waals surface area contributed by atoms with Gasteiger partial charge in [-0.1, -0.05) is 12.2 Å². The Morgan fingerprint density at radius 1 is 1.17 bits per heavy atom. The molecular formula is C11H20N+. The molecule has 0 amide bonds. The number of rotatable bonds is 4. The molecule has 0 aromatic heterocycles. The van der Waals surface area contributed by atoms with E-state index in [0.29, 0.717) is 5.54 Å². The van der Waals surface area contributed by atoms with Crippen molar-refractivity contribution in [2.45, 2.75) is 37.6 Å². The van der Waals surface area contributed by atoms with Crippen LogP contribution in [0.1, 0.15) is 32.1 Å². The summed E-state index contributed by atoms with van der Waals surface area (Å²) in [6.07, 6.45) is 10.4. The van der Waals surface area contributed by atoms with Crippen LogP contribution in [0.3, 0.4) is 0 Å². The molecule has 0 aromatic rings. The first-order valence-corrected chi connectivity index (χ1v) is 4.89. The summed E-state index contributed by atoms with van der Waals surface area (Å²) in [7, 11) is 0. The van der Waals surface area contributed by atoms with E-state index in [9.17, 15) is 0 Å². The van der Waals surface area contributed by atoms with E-state index in [1.165, 1.54) is 25.8 Å². The van der Waals surface area contributed by atoms with Crippen molar-refractivity contribution in [3.8, 4) is 0 Å². The Kier molecular flexibility index (Phi) is 3.54. The Bertz CT molecular complexity index is 142. The minimum atomic E-state index is 0.418. The highest BCUT2D eigenvalue weighted by atomic mass is 15.0. The van der Waals surface area contributed by atoms with E-state index >= 15 is 0 Å². The molecule has 68 valence electrons. The lowest BCUT2D eigenvalue weighted by molar-refractivity contribution is -0.735. The van der Waals surface area contributed by atoms with Gasteiger partial charge in [0.1, 0.15) is 5.54 Å². The average Bonchev–Trinajstić information content (AvgIpc) is 2.07. The van der Waals surface area contributed by atoms with Gasteiger partial charge in [0.05, 0.1) is 6.54 Å². The van der Waals surface area contributed by atoms with Crippen LogP contribution in [0.25, 0.3) is 0 Å². The molecule has 0 radical (unpaired) electrons. The smallest absolute Gasteiger partial charge is 0.103 e. The first-order chi connectivity index (χ1) is 5.83. The number of quaternary nitrogens is 1. The Labute approximate surface area is 75.6 Å². The fourth-order valence-corrected chi connectivity index (χ4v) is 2.16. The molecule has 1 aliphatic rings. The first kappa shape index (κ1) is 9.53. The van der Waals surface area contributed by atoms with Crippen molar-refractivity contribution in [3.63, 3.8) is 0 Å². The molecule has 1 fully saturated rings. The van der Waals surface area contributed by atoms with E-state index in [1.54, 1.807) is 0 Å². The zero-order valence-corrected chi connectivity index (χ0v) is 7.89. The van der Waals surface area contributed by atoms with Crippen LogP contribution in [-0.4, -0.2) is 12.1 Å². The molecule has 0 spiro atoms. The maximum Gasteiger partial charge on any atom is 0.103 e. The van der Waals surface area contributed by atoms with Gasteiger partial charge in [-0.15, -0.1) is 13.2 Å². The standard InChI is InChI=1S/C11H19N/c1-3-7-11(8-4-2)9-5-6-10-12-11/h3-4,12H,1-2,5-10H2/p+1. The van der Waals surface area contributed by atoms with Gasteiger partial charge >= 0.3 is 0 Å². The molecule has 0 aliphatic carbocycles. The second kappa shape index (κ2) is 4.46. The van der Waals surface area contributed by atoms with Gasteiger partial charge in [0.25, 0.3) is 0 Å². The summed E-state index contributed by atoms with van der Waals surface area (Å²) in [5, 5.41) is 2.49. The SMILES string of the molecule is C=CCC1(CC=C)CCCC[NH2+]1. The maximum atomic E-state index is 3.83. The van der Waals surface area contributed by atoms with Crippen molar-refractivity contribution in [2.75, 3.05) is 6.54 Å². The quantitative estimate of drug-likeness (QED) is 0.611. The fourth-order valence-electron chi connectivity index (χ4n) is 2.16. The van der Waals surface area contributed by atoms with Crippen molar-refractivity contribution in [1.29, 1.82) is 0 Å². The van der Waals surface area contributed by atoms with Crippen LogP contribution in [0, 0.1) is 0 Å². The second-order valence-corrected chi connectivity index (χ2v) is 3.80. The van der Waals surface area contributed by atoms with Gasteiger partial charge < -0.3 is 5.32 Å². The van der Waals surface area contributed by atoms with Crippen molar-refractivity contribution >= 4 is 0 Å². The molecule has 1 nitrogen and oxygen atoms in total. The second-order valence-electron chi connectivity index (χ2n) is 3.80.